The summed E-state index contributed by atoms with van der Waals surface area (Å²) >= 11 is 0. The van der Waals surface area contributed by atoms with Gasteiger partial charge < -0.3 is 43.6 Å². The smallest absolute Gasteiger partial charge is 0.456 e. The minimum atomic E-state index is -0.929. The molecule has 3 heterocycles. The molecule has 2 aliphatic carbocycles. The number of aromatic nitrogens is 1. The van der Waals surface area contributed by atoms with Crippen molar-refractivity contribution in [2.45, 2.75) is 128 Å². The summed E-state index contributed by atoms with van der Waals surface area (Å²) in [5, 5.41) is 20.4. The van der Waals surface area contributed by atoms with E-state index < -0.39 is 72.2 Å². The molecule has 1 aromatic heterocycles. The zero-order valence-corrected chi connectivity index (χ0v) is 28.7. The number of aromatic amines is 1. The molecule has 48 heavy (non-hydrogen) atoms. The molecular weight excluding hydrogens is 622 g/mol. The Bertz CT molecular complexity index is 1330. The molecule has 3 N–H and O–H groups in total. The van der Waals surface area contributed by atoms with E-state index in [1.807, 2.05) is 26.8 Å². The second kappa shape index (κ2) is 15.1. The highest BCUT2D eigenvalue weighted by Crippen LogP contribution is 2.53. The fourth-order valence-corrected chi connectivity index (χ4v) is 7.75. The molecule has 1 saturated carbocycles. The molecule has 11 atom stereocenters. The number of carbonyl (C=O) groups is 3. The number of nitrogens with one attached hydrogen (secondary N) is 1. The summed E-state index contributed by atoms with van der Waals surface area (Å²) in [6.45, 7) is 9.05. The third kappa shape index (κ3) is 7.66. The molecule has 1 spiro atoms. The molecule has 2 bridgehead atoms. The summed E-state index contributed by atoms with van der Waals surface area (Å²) in [5.41, 5.74) is 0.352. The van der Waals surface area contributed by atoms with E-state index in [9.17, 15) is 24.6 Å². The lowest BCUT2D eigenvalue weighted by atomic mass is 9.69. The van der Waals surface area contributed by atoms with E-state index in [0.717, 1.165) is 5.57 Å². The molecule has 266 valence electrons. The fourth-order valence-electron chi connectivity index (χ4n) is 7.75. The van der Waals surface area contributed by atoms with Gasteiger partial charge in [0.15, 0.2) is 6.10 Å². The average molecular weight is 674 g/mol. The summed E-state index contributed by atoms with van der Waals surface area (Å²) < 4.78 is 35.9. The van der Waals surface area contributed by atoms with Crippen molar-refractivity contribution in [2.24, 2.45) is 23.7 Å². The highest BCUT2D eigenvalue weighted by atomic mass is 16.7. The van der Waals surface area contributed by atoms with Crippen molar-refractivity contribution in [3.63, 3.8) is 0 Å². The van der Waals surface area contributed by atoms with Gasteiger partial charge in [-0.05, 0) is 77.0 Å². The van der Waals surface area contributed by atoms with Crippen molar-refractivity contribution in [2.75, 3.05) is 7.11 Å². The monoisotopic (exact) mass is 673 g/mol. The molecule has 4 aliphatic rings. The van der Waals surface area contributed by atoms with Gasteiger partial charge in [-0.1, -0.05) is 32.1 Å². The third-order valence-corrected chi connectivity index (χ3v) is 10.8. The van der Waals surface area contributed by atoms with Crippen molar-refractivity contribution < 1.29 is 53.0 Å². The average Bonchev–Trinajstić information content (AvgIpc) is 3.70. The summed E-state index contributed by atoms with van der Waals surface area (Å²) in [6.07, 6.45) is 4.51. The number of ether oxygens (including phenoxy) is 6. The van der Waals surface area contributed by atoms with E-state index in [1.54, 1.807) is 32.2 Å². The number of aliphatic hydroxyl groups is 2. The normalized spacial score (nSPS) is 37.1. The van der Waals surface area contributed by atoms with Crippen LogP contribution < -0.4 is 0 Å². The highest BCUT2D eigenvalue weighted by molar-refractivity contribution is 5.87. The Labute approximate surface area is 282 Å². The van der Waals surface area contributed by atoms with E-state index in [2.05, 4.69) is 17.1 Å². The largest absolute Gasteiger partial charge is 0.508 e. The first-order chi connectivity index (χ1) is 22.8. The molecule has 2 fully saturated rings. The number of hydrogen-bond acceptors (Lipinski definition) is 11. The van der Waals surface area contributed by atoms with E-state index in [1.165, 1.54) is 7.11 Å². The Morgan fingerprint density at radius 3 is 2.46 bits per heavy atom. The summed E-state index contributed by atoms with van der Waals surface area (Å²) in [5.74, 6) is -2.36. The van der Waals surface area contributed by atoms with E-state index >= 15 is 0 Å². The maximum Gasteiger partial charge on any atom is 0.508 e. The zero-order chi connectivity index (χ0) is 34.7. The van der Waals surface area contributed by atoms with E-state index in [4.69, 9.17) is 28.4 Å². The van der Waals surface area contributed by atoms with Crippen LogP contribution in [-0.4, -0.2) is 94.8 Å². The van der Waals surface area contributed by atoms with Gasteiger partial charge in [-0.3, -0.25) is 0 Å². The minimum absolute atomic E-state index is 0.132. The molecule has 12 heteroatoms. The van der Waals surface area contributed by atoms with Gasteiger partial charge in [0.2, 0.25) is 0 Å². The number of fused-ring (bicyclic) bond motifs is 1. The molecule has 1 unspecified atom stereocenters. The van der Waals surface area contributed by atoms with E-state index in [0.29, 0.717) is 37.8 Å². The summed E-state index contributed by atoms with van der Waals surface area (Å²) in [4.78, 5) is 42.4. The van der Waals surface area contributed by atoms with Crippen molar-refractivity contribution in [3.05, 3.63) is 47.8 Å². The Balaban J connectivity index is 1.41. The number of methoxy groups -OCH3 is 1. The second-order valence-corrected chi connectivity index (χ2v) is 14.1. The predicted octanol–water partition coefficient (Wildman–Crippen LogP) is 4.65. The Morgan fingerprint density at radius 2 is 1.81 bits per heavy atom. The maximum absolute atomic E-state index is 13.6. The van der Waals surface area contributed by atoms with Crippen molar-refractivity contribution >= 4 is 18.1 Å². The quantitative estimate of drug-likeness (QED) is 0.190. The lowest BCUT2D eigenvalue weighted by Gasteiger charge is -2.41. The van der Waals surface area contributed by atoms with Gasteiger partial charge in [-0.15, -0.1) is 0 Å². The topological polar surface area (TPSA) is 163 Å². The molecule has 0 aromatic carbocycles. The first-order valence-corrected chi connectivity index (χ1v) is 17.2. The van der Waals surface area contributed by atoms with Crippen LogP contribution in [0.15, 0.2) is 42.1 Å². The third-order valence-electron chi connectivity index (χ3n) is 10.8. The molecule has 0 radical (unpaired) electrons. The van der Waals surface area contributed by atoms with Crippen molar-refractivity contribution in [3.8, 4) is 0 Å². The number of H-pyrrole nitrogens is 1. The Hall–Kier alpha value is -3.19. The second-order valence-electron chi connectivity index (χ2n) is 14.1. The maximum atomic E-state index is 13.6. The van der Waals surface area contributed by atoms with Crippen LogP contribution in [0.5, 0.6) is 0 Å². The summed E-state index contributed by atoms with van der Waals surface area (Å²) in [6, 6.07) is 3.35. The number of rotatable bonds is 9. The SMILES string of the molecule is CO[C@H]1CC2C=C[C@@H]3C[C@]2(O[C@H]3[C@H](OC(=O)c2ccc[nH]2)[C@H](C)[C@H](C)O)/C(C)=C/[C@@H](C)[C@@H]([C@@H](C)OC(=O)OC2CCC(O)CC2)OC1=O. The van der Waals surface area contributed by atoms with Gasteiger partial charge in [0, 0.05) is 37.0 Å². The zero-order valence-electron chi connectivity index (χ0n) is 28.7. The molecule has 0 amide bonds. The number of cyclic esters (lactones) is 1. The van der Waals surface area contributed by atoms with E-state index in [-0.39, 0.29) is 30.5 Å². The van der Waals surface area contributed by atoms with Gasteiger partial charge in [-0.2, -0.15) is 0 Å². The van der Waals surface area contributed by atoms with Crippen LogP contribution >= 0.6 is 0 Å². The van der Waals surface area contributed by atoms with Crippen LogP contribution in [0.25, 0.3) is 0 Å². The highest BCUT2D eigenvalue weighted by Gasteiger charge is 2.57. The van der Waals surface area contributed by atoms with Crippen molar-refractivity contribution in [1.82, 2.24) is 4.98 Å². The predicted molar refractivity (Wildman–Crippen MR) is 173 cm³/mol. The van der Waals surface area contributed by atoms with Crippen LogP contribution in [0, 0.1) is 23.7 Å². The Kier molecular flexibility index (Phi) is 11.4. The minimum Gasteiger partial charge on any atom is -0.456 e. The van der Waals surface area contributed by atoms with Crippen molar-refractivity contribution in [1.29, 1.82) is 0 Å². The number of hydrogen-bond donors (Lipinski definition) is 3. The van der Waals surface area contributed by atoms with Crippen LogP contribution in [0.1, 0.15) is 83.6 Å². The molecule has 12 nitrogen and oxygen atoms in total. The number of carbonyl (C=O) groups excluding carboxylic acids is 3. The van der Waals surface area contributed by atoms with Gasteiger partial charge in [0.05, 0.1) is 17.8 Å². The molecule has 2 aliphatic heterocycles. The van der Waals surface area contributed by atoms with Crippen LogP contribution in [0.4, 0.5) is 4.79 Å². The molecule has 1 aromatic rings. The summed E-state index contributed by atoms with van der Waals surface area (Å²) in [7, 11) is 1.46. The number of esters is 2. The Morgan fingerprint density at radius 1 is 1.08 bits per heavy atom. The van der Waals surface area contributed by atoms with Gasteiger partial charge in [0.1, 0.15) is 36.2 Å². The van der Waals surface area contributed by atoms with Crippen LogP contribution in [0.2, 0.25) is 0 Å². The van der Waals surface area contributed by atoms with Crippen LogP contribution in [0.3, 0.4) is 0 Å². The van der Waals surface area contributed by atoms with Gasteiger partial charge >= 0.3 is 18.1 Å². The standard InChI is InChI=1S/C36H51NO11/c1-19-16-20(2)36-18-24(32(48-36)31(21(3)22(4)38)47-33(40)28-8-7-15-37-28)9-10-25(36)17-29(43-6)34(41)46-30(19)23(5)44-35(42)45-27-13-11-26(39)12-14-27/h7-10,15-16,19,21-27,29-32,37-39H,11-14,17-18H2,1-6H3/b20-16+/t19-,21-,22+,23-,24-,25?,26?,27?,29+,30+,31-,32-,36+/m1/s1. The van der Waals surface area contributed by atoms with Gasteiger partial charge in [0.25, 0.3) is 0 Å². The lowest BCUT2D eigenvalue weighted by Crippen LogP contribution is -2.48. The molecule has 5 rings (SSSR count). The fraction of sp³-hybridized carbons (Fsp3) is 0.694. The molecular formula is C36H51NO11. The van der Waals surface area contributed by atoms with Crippen LogP contribution in [-0.2, 0) is 33.2 Å². The first-order valence-electron chi connectivity index (χ1n) is 17.2. The first kappa shape index (κ1) is 36.1. The lowest BCUT2D eigenvalue weighted by molar-refractivity contribution is -0.173. The van der Waals surface area contributed by atoms with Gasteiger partial charge in [-0.25, -0.2) is 14.4 Å². The molecule has 1 saturated heterocycles. The number of aliphatic hydroxyl groups excluding tert-OH is 2.